The van der Waals surface area contributed by atoms with Crippen LogP contribution in [0.3, 0.4) is 0 Å². The average Bonchev–Trinajstić information content (AvgIpc) is 0.707. The molecule has 0 saturated heterocycles. The molecule has 91 heavy (non-hydrogen) atoms. The van der Waals surface area contributed by atoms with E-state index in [0.717, 1.165) is 0 Å². The molecule has 0 unspecified atom stereocenters. The van der Waals surface area contributed by atoms with Crippen LogP contribution >= 0.6 is 0 Å². The minimum absolute atomic E-state index is 0.0502. The van der Waals surface area contributed by atoms with E-state index in [1.807, 2.05) is 0 Å². The fraction of sp³-hybridized carbons (Fsp3) is 0.489. The van der Waals surface area contributed by atoms with Gasteiger partial charge in [0, 0.05) is 46.7 Å². The molecular formula is C47H22F40N2O2. The van der Waals surface area contributed by atoms with E-state index in [4.69, 9.17) is 9.47 Å². The molecule has 4 nitrogen and oxygen atoms in total. The molecule has 0 spiro atoms. The summed E-state index contributed by atoms with van der Waals surface area (Å²) in [6, 6.07) is -0.401. The first-order valence-electron chi connectivity index (χ1n) is 23.1. The van der Waals surface area contributed by atoms with E-state index in [2.05, 4.69) is 0 Å². The van der Waals surface area contributed by atoms with E-state index in [0.29, 0.717) is 21.9 Å². The maximum atomic E-state index is 15.4. The molecule has 0 aliphatic carbocycles. The number of benzene rings is 4. The summed E-state index contributed by atoms with van der Waals surface area (Å²) in [5.41, 5.74) is -17.6. The van der Waals surface area contributed by atoms with E-state index < -0.39 is 220 Å². The Kier molecular flexibility index (Phi) is 17.0. The van der Waals surface area contributed by atoms with Gasteiger partial charge in [0.05, 0.1) is 0 Å². The Hall–Kier alpha value is -6.72. The predicted molar refractivity (Wildman–Crippen MR) is 221 cm³/mol. The molecular weight excluding hydrogens is 1380 g/mol. The lowest BCUT2D eigenvalue weighted by Gasteiger charge is -2.42. The van der Waals surface area contributed by atoms with Crippen molar-refractivity contribution in [1.82, 2.24) is 0 Å². The summed E-state index contributed by atoms with van der Waals surface area (Å²) in [5.74, 6) is -119. The number of fused-ring (bicyclic) bond motifs is 2. The van der Waals surface area contributed by atoms with Gasteiger partial charge in [-0.2, -0.15) is 176 Å². The van der Waals surface area contributed by atoms with Crippen LogP contribution in [0.25, 0.3) is 0 Å². The van der Waals surface area contributed by atoms with Gasteiger partial charge in [0.25, 0.3) is 0 Å². The lowest BCUT2D eigenvalue weighted by Crippen LogP contribution is -2.74. The second-order valence-electron chi connectivity index (χ2n) is 19.5. The number of alkyl halides is 40. The largest absolute Gasteiger partial charge is 0.473 e. The second-order valence-corrected chi connectivity index (χ2v) is 19.5. The first kappa shape index (κ1) is 73.3. The van der Waals surface area contributed by atoms with Crippen LogP contribution in [0.15, 0.2) is 84.9 Å². The third-order valence-electron chi connectivity index (χ3n) is 13.9. The fourth-order valence-electron chi connectivity index (χ4n) is 8.72. The quantitative estimate of drug-likeness (QED) is 0.0927. The molecule has 0 atom stereocenters. The molecule has 0 N–H and O–H groups in total. The number of ether oxygens (including phenoxy) is 2. The lowest BCUT2D eigenvalue weighted by molar-refractivity contribution is -0.462. The number of hydrogen-bond donors (Lipinski definition) is 0. The zero-order chi connectivity index (χ0) is 70.6. The summed E-state index contributed by atoms with van der Waals surface area (Å²) in [6.07, 6.45) is -29.2. The molecule has 6 rings (SSSR count). The van der Waals surface area contributed by atoms with Crippen LogP contribution in [0.1, 0.15) is 33.4 Å². The van der Waals surface area contributed by atoms with Gasteiger partial charge in [-0.15, -0.1) is 0 Å². The molecule has 0 saturated carbocycles. The molecule has 2 aliphatic rings. The maximum absolute atomic E-state index is 15.4. The summed E-state index contributed by atoms with van der Waals surface area (Å²) in [4.78, 5) is 1.12. The normalized spacial score (nSPS) is 16.7. The van der Waals surface area contributed by atoms with Crippen molar-refractivity contribution in [1.29, 1.82) is 0 Å². The number of rotatable bonds is 18. The van der Waals surface area contributed by atoms with Crippen molar-refractivity contribution in [3.8, 4) is 11.5 Å². The van der Waals surface area contributed by atoms with Gasteiger partial charge < -0.3 is 19.3 Å². The van der Waals surface area contributed by atoms with Crippen molar-refractivity contribution in [2.45, 2.75) is 126 Å². The van der Waals surface area contributed by atoms with Crippen LogP contribution < -0.4 is 19.3 Å². The molecule has 2 aliphatic heterocycles. The van der Waals surface area contributed by atoms with Crippen molar-refractivity contribution in [2.24, 2.45) is 0 Å². The van der Waals surface area contributed by atoms with Gasteiger partial charge in [0.2, 0.25) is 5.41 Å². The van der Waals surface area contributed by atoms with Crippen molar-refractivity contribution >= 4 is 11.4 Å². The zero-order valence-electron chi connectivity index (χ0n) is 42.2. The predicted octanol–water partition coefficient (Wildman–Crippen LogP) is 18.7. The van der Waals surface area contributed by atoms with Gasteiger partial charge in [-0.25, -0.2) is 0 Å². The molecule has 512 valence electrons. The Bertz CT molecular complexity index is 3100. The van der Waals surface area contributed by atoms with E-state index in [1.165, 1.54) is 0 Å². The molecule has 0 fully saturated rings. The Morgan fingerprint density at radius 3 is 0.692 bits per heavy atom. The highest BCUT2D eigenvalue weighted by Gasteiger charge is 2.97. The standard InChI is InChI=1S/C47H22F40N2O2/c48-30(49,32(52,53)34(56,57)36(60,61)38(64,65)40(68,69)42(72,73)46(82,83)84)21-1-7-25(8-2-21)88-15-19-13-23(5-11-27(19)90-17-88)29(44(76,77)78,45(79,80)81)24-6-12-28-20(14-24)16-89(18-91-28)26-9-3-22(4-10-26)31(50,51)33(54,55)35(58,59)37(62,63)39(66,67)41(70,71)43(74,75)47(85,86)87/h1-14H,15-18H2. The monoisotopic (exact) mass is 1410 g/mol. The molecule has 44 heteroatoms. The van der Waals surface area contributed by atoms with Gasteiger partial charge in [-0.3, -0.25) is 0 Å². The molecule has 2 heterocycles. The molecule has 4 aromatic carbocycles. The third-order valence-corrected chi connectivity index (χ3v) is 13.9. The van der Waals surface area contributed by atoms with E-state index in [1.54, 1.807) is 0 Å². The zero-order valence-corrected chi connectivity index (χ0v) is 42.2. The lowest BCUT2D eigenvalue weighted by atomic mass is 9.72. The molecule has 0 bridgehead atoms. The average molecular weight is 1410 g/mol. The summed E-state index contributed by atoms with van der Waals surface area (Å²) < 4.78 is 575. The minimum Gasteiger partial charge on any atom is -0.473 e. The fourth-order valence-corrected chi connectivity index (χ4v) is 8.72. The van der Waals surface area contributed by atoms with Crippen LogP contribution in [-0.4, -0.2) is 109 Å². The van der Waals surface area contributed by atoms with Crippen LogP contribution in [0.4, 0.5) is 187 Å². The minimum atomic E-state index is -8.96. The van der Waals surface area contributed by atoms with Crippen molar-refractivity contribution in [2.75, 3.05) is 23.3 Å². The SMILES string of the molecule is FC(F)(F)C(F)(F)C(F)(F)C(F)(F)C(F)(F)C(F)(F)C(F)(F)C(F)(F)c1ccc(N2COc3ccc(C(c4ccc5c(c4)CN(c4ccc(C(F)(F)C(F)(F)C(F)(F)C(F)(F)C(F)(F)C(F)(F)C(F)(F)C(F)(F)F)cc4)CO5)(C(F)(F)F)C(F)(F)F)cc3C2)cc1. The third kappa shape index (κ3) is 10.1. The topological polar surface area (TPSA) is 24.9 Å². The molecule has 0 aromatic heterocycles. The molecule has 0 radical (unpaired) electrons. The highest BCUT2D eigenvalue weighted by Crippen LogP contribution is 2.68. The second kappa shape index (κ2) is 21.1. The van der Waals surface area contributed by atoms with Crippen LogP contribution in [0.2, 0.25) is 0 Å². The van der Waals surface area contributed by atoms with Gasteiger partial charge in [0.1, 0.15) is 11.5 Å². The van der Waals surface area contributed by atoms with Gasteiger partial charge >= 0.3 is 108 Å². The highest BCUT2D eigenvalue weighted by molar-refractivity contribution is 5.57. The first-order valence-corrected chi connectivity index (χ1v) is 23.1. The number of hydrogen-bond acceptors (Lipinski definition) is 4. The van der Waals surface area contributed by atoms with Crippen LogP contribution in [0.5, 0.6) is 11.5 Å². The maximum Gasteiger partial charge on any atom is 0.460 e. The number of anilines is 2. The molecule has 0 amide bonds. The van der Waals surface area contributed by atoms with Gasteiger partial charge in [0.15, 0.2) is 13.5 Å². The van der Waals surface area contributed by atoms with Gasteiger partial charge in [-0.05, 0) is 59.7 Å². The first-order chi connectivity index (χ1) is 40.3. The van der Waals surface area contributed by atoms with Crippen LogP contribution in [-0.2, 0) is 30.3 Å². The Balaban J connectivity index is 1.29. The summed E-state index contributed by atoms with van der Waals surface area (Å²) in [6.45, 7) is -4.22. The molecule has 4 aromatic rings. The highest BCUT2D eigenvalue weighted by atomic mass is 19.5. The van der Waals surface area contributed by atoms with Gasteiger partial charge in [-0.1, -0.05) is 36.4 Å². The van der Waals surface area contributed by atoms with Crippen LogP contribution in [0, 0.1) is 0 Å². The smallest absolute Gasteiger partial charge is 0.460 e. The summed E-state index contributed by atoms with van der Waals surface area (Å²) >= 11 is 0. The Morgan fingerprint density at radius 1 is 0.242 bits per heavy atom. The van der Waals surface area contributed by atoms with Crippen molar-refractivity contribution < 1.29 is 185 Å². The van der Waals surface area contributed by atoms with E-state index in [-0.39, 0.29) is 48.5 Å². The number of halogens is 40. The van der Waals surface area contributed by atoms with E-state index >= 15 is 43.9 Å². The van der Waals surface area contributed by atoms with E-state index in [9.17, 15) is 132 Å². The Morgan fingerprint density at radius 2 is 0.462 bits per heavy atom. The summed E-state index contributed by atoms with van der Waals surface area (Å²) in [5, 5.41) is 0. The van der Waals surface area contributed by atoms with Crippen molar-refractivity contribution in [3.63, 3.8) is 0 Å². The summed E-state index contributed by atoms with van der Waals surface area (Å²) in [7, 11) is 0. The Labute approximate surface area is 475 Å². The van der Waals surface area contributed by atoms with Crippen molar-refractivity contribution in [3.05, 3.63) is 118 Å². The number of nitrogens with zero attached hydrogens (tertiary/aromatic N) is 2.